The molecule has 1 aromatic heterocycles. The second kappa shape index (κ2) is 9.26. The highest BCUT2D eigenvalue weighted by atomic mass is 32.2. The third-order valence-corrected chi connectivity index (χ3v) is 6.14. The molecule has 4 rings (SSSR count). The van der Waals surface area contributed by atoms with Crippen molar-refractivity contribution in [3.63, 3.8) is 0 Å². The Balaban J connectivity index is 1.42. The maximum Gasteiger partial charge on any atom is 0.262 e. The molecule has 1 heterocycles. The third-order valence-electron chi connectivity index (χ3n) is 5.07. The standard InChI is InChI=1S/C22H19F3N4O3S/c1-11(20(31)26-10-17(30)27-16-9-8-14(23)18(24)19(16)25)33-22-28-15-5-3-2-4-13(15)21(32)29(22)12-6-7-12/h2-5,8-9,11-12H,6-7,10H2,1H3,(H,26,31)(H,27,30). The van der Waals surface area contributed by atoms with Crippen molar-refractivity contribution in [2.45, 2.75) is 36.2 Å². The maximum absolute atomic E-state index is 13.7. The minimum atomic E-state index is -1.70. The second-order valence-corrected chi connectivity index (χ2v) is 8.87. The van der Waals surface area contributed by atoms with Crippen LogP contribution in [0.4, 0.5) is 18.9 Å². The number of benzene rings is 2. The summed E-state index contributed by atoms with van der Waals surface area (Å²) in [4.78, 5) is 42.0. The third kappa shape index (κ3) is 4.87. The number of thioether (sulfide) groups is 1. The van der Waals surface area contributed by atoms with Crippen molar-refractivity contribution >= 4 is 40.2 Å². The summed E-state index contributed by atoms with van der Waals surface area (Å²) in [5.41, 5.74) is -0.169. The number of hydrogen-bond acceptors (Lipinski definition) is 5. The smallest absolute Gasteiger partial charge is 0.262 e. The number of nitrogens with one attached hydrogen (secondary N) is 2. The first-order valence-corrected chi connectivity index (χ1v) is 11.0. The molecule has 172 valence electrons. The van der Waals surface area contributed by atoms with Crippen LogP contribution in [0.15, 0.2) is 46.3 Å². The van der Waals surface area contributed by atoms with E-state index in [-0.39, 0.29) is 11.6 Å². The Hall–Kier alpha value is -3.34. The van der Waals surface area contributed by atoms with Crippen LogP contribution in [0, 0.1) is 17.5 Å². The van der Waals surface area contributed by atoms with Crippen molar-refractivity contribution in [1.29, 1.82) is 0 Å². The average Bonchev–Trinajstić information content (AvgIpc) is 3.63. The number of rotatable bonds is 7. The van der Waals surface area contributed by atoms with Gasteiger partial charge in [-0.2, -0.15) is 0 Å². The Kier molecular flexibility index (Phi) is 6.41. The molecule has 1 aliphatic carbocycles. The molecular formula is C22H19F3N4O3S. The Morgan fingerprint density at radius 3 is 2.61 bits per heavy atom. The van der Waals surface area contributed by atoms with Crippen molar-refractivity contribution in [2.24, 2.45) is 0 Å². The number of nitrogens with zero attached hydrogens (tertiary/aromatic N) is 2. The van der Waals surface area contributed by atoms with Gasteiger partial charge in [0.2, 0.25) is 11.8 Å². The van der Waals surface area contributed by atoms with Crippen molar-refractivity contribution in [3.05, 3.63) is 64.2 Å². The summed E-state index contributed by atoms with van der Waals surface area (Å²) in [6.45, 7) is 1.09. The lowest BCUT2D eigenvalue weighted by molar-refractivity contribution is -0.123. The van der Waals surface area contributed by atoms with Crippen molar-refractivity contribution < 1.29 is 22.8 Å². The quantitative estimate of drug-likeness (QED) is 0.310. The van der Waals surface area contributed by atoms with Crippen LogP contribution in [0.2, 0.25) is 0 Å². The van der Waals surface area contributed by atoms with Crippen LogP contribution in [0.1, 0.15) is 25.8 Å². The SMILES string of the molecule is CC(Sc1nc2ccccc2c(=O)n1C1CC1)C(=O)NCC(=O)Nc1ccc(F)c(F)c1F. The summed E-state index contributed by atoms with van der Waals surface area (Å²) in [7, 11) is 0. The molecule has 1 atom stereocenters. The minimum absolute atomic E-state index is 0.0455. The lowest BCUT2D eigenvalue weighted by atomic mass is 10.2. The van der Waals surface area contributed by atoms with Gasteiger partial charge in [-0.15, -0.1) is 0 Å². The first-order chi connectivity index (χ1) is 15.8. The topological polar surface area (TPSA) is 93.1 Å². The predicted molar refractivity (Wildman–Crippen MR) is 118 cm³/mol. The molecule has 1 unspecified atom stereocenters. The van der Waals surface area contributed by atoms with Gasteiger partial charge in [-0.25, -0.2) is 18.2 Å². The minimum Gasteiger partial charge on any atom is -0.346 e. The fourth-order valence-corrected chi connectivity index (χ4v) is 4.21. The van der Waals surface area contributed by atoms with Crippen molar-refractivity contribution in [3.8, 4) is 0 Å². The average molecular weight is 476 g/mol. The molecule has 0 spiro atoms. The summed E-state index contributed by atoms with van der Waals surface area (Å²) in [6.07, 6.45) is 1.71. The Labute approximate surface area is 190 Å². The summed E-state index contributed by atoms with van der Waals surface area (Å²) < 4.78 is 41.6. The largest absolute Gasteiger partial charge is 0.346 e. The summed E-state index contributed by atoms with van der Waals surface area (Å²) >= 11 is 1.09. The van der Waals surface area contributed by atoms with E-state index in [4.69, 9.17) is 0 Å². The van der Waals surface area contributed by atoms with Gasteiger partial charge in [0.1, 0.15) is 0 Å². The molecule has 0 radical (unpaired) electrons. The highest BCUT2D eigenvalue weighted by Gasteiger charge is 2.30. The van der Waals surface area contributed by atoms with Crippen LogP contribution in [-0.2, 0) is 9.59 Å². The molecule has 2 aromatic carbocycles. The molecule has 11 heteroatoms. The monoisotopic (exact) mass is 476 g/mol. The zero-order valence-electron chi connectivity index (χ0n) is 17.4. The van der Waals surface area contributed by atoms with Crippen LogP contribution < -0.4 is 16.2 Å². The van der Waals surface area contributed by atoms with E-state index in [1.807, 2.05) is 0 Å². The van der Waals surface area contributed by atoms with Crippen LogP contribution in [-0.4, -0.2) is 33.2 Å². The fourth-order valence-electron chi connectivity index (χ4n) is 3.20. The second-order valence-electron chi connectivity index (χ2n) is 7.57. The van der Waals surface area contributed by atoms with E-state index in [0.717, 1.165) is 30.7 Å². The number of anilines is 1. The van der Waals surface area contributed by atoms with Crippen molar-refractivity contribution in [1.82, 2.24) is 14.9 Å². The number of carbonyl (C=O) groups excluding carboxylic acids is 2. The number of para-hydroxylation sites is 1. The highest BCUT2D eigenvalue weighted by molar-refractivity contribution is 8.00. The molecule has 1 aliphatic rings. The molecule has 1 fully saturated rings. The number of aromatic nitrogens is 2. The predicted octanol–water partition coefficient (Wildman–Crippen LogP) is 3.38. The van der Waals surface area contributed by atoms with Gasteiger partial charge in [-0.3, -0.25) is 19.0 Å². The van der Waals surface area contributed by atoms with Crippen LogP contribution in [0.25, 0.3) is 10.9 Å². The Morgan fingerprint density at radius 1 is 1.15 bits per heavy atom. The number of fused-ring (bicyclic) bond motifs is 1. The molecule has 33 heavy (non-hydrogen) atoms. The molecular weight excluding hydrogens is 457 g/mol. The molecule has 2 N–H and O–H groups in total. The lowest BCUT2D eigenvalue weighted by Crippen LogP contribution is -2.37. The number of amides is 2. The zero-order valence-corrected chi connectivity index (χ0v) is 18.2. The molecule has 0 saturated heterocycles. The van der Waals surface area contributed by atoms with Gasteiger partial charge in [-0.1, -0.05) is 23.9 Å². The van der Waals surface area contributed by atoms with Crippen molar-refractivity contribution in [2.75, 3.05) is 11.9 Å². The maximum atomic E-state index is 13.7. The van der Waals surface area contributed by atoms with Gasteiger partial charge in [-0.05, 0) is 44.0 Å². The molecule has 2 amide bonds. The molecule has 0 bridgehead atoms. The highest BCUT2D eigenvalue weighted by Crippen LogP contribution is 2.37. The number of halogens is 3. The van der Waals surface area contributed by atoms with Gasteiger partial charge >= 0.3 is 0 Å². The summed E-state index contributed by atoms with van der Waals surface area (Å²) in [5, 5.41) is 4.71. The Bertz CT molecular complexity index is 1310. The van der Waals surface area contributed by atoms with E-state index in [1.54, 1.807) is 35.8 Å². The van der Waals surface area contributed by atoms with E-state index in [1.165, 1.54) is 0 Å². The van der Waals surface area contributed by atoms with Gasteiger partial charge in [0, 0.05) is 6.04 Å². The summed E-state index contributed by atoms with van der Waals surface area (Å²) in [6, 6.07) is 8.59. The van der Waals surface area contributed by atoms with E-state index in [2.05, 4.69) is 15.6 Å². The first kappa shape index (κ1) is 22.8. The normalized spacial score (nSPS) is 14.2. The van der Waals surface area contributed by atoms with Gasteiger partial charge < -0.3 is 10.6 Å². The van der Waals surface area contributed by atoms with E-state index in [9.17, 15) is 27.6 Å². The molecule has 7 nitrogen and oxygen atoms in total. The molecule has 3 aromatic rings. The van der Waals surface area contributed by atoms with Crippen LogP contribution in [0.3, 0.4) is 0 Å². The van der Waals surface area contributed by atoms with E-state index in [0.29, 0.717) is 22.1 Å². The Morgan fingerprint density at radius 2 is 1.88 bits per heavy atom. The number of carbonyl (C=O) groups is 2. The van der Waals surface area contributed by atoms with E-state index < -0.39 is 46.7 Å². The number of hydrogen-bond donors (Lipinski definition) is 2. The molecule has 0 aliphatic heterocycles. The fraction of sp³-hybridized carbons (Fsp3) is 0.273. The zero-order chi connectivity index (χ0) is 23.7. The van der Waals surface area contributed by atoms with Gasteiger partial charge in [0.25, 0.3) is 5.56 Å². The van der Waals surface area contributed by atoms with E-state index >= 15 is 0 Å². The lowest BCUT2D eigenvalue weighted by Gasteiger charge is -2.16. The van der Waals surface area contributed by atoms with Gasteiger partial charge in [0.05, 0.1) is 28.4 Å². The van der Waals surface area contributed by atoms with Crippen LogP contribution in [0.5, 0.6) is 0 Å². The first-order valence-electron chi connectivity index (χ1n) is 10.1. The molecule has 1 saturated carbocycles. The summed E-state index contributed by atoms with van der Waals surface area (Å²) in [5.74, 6) is -5.93. The van der Waals surface area contributed by atoms with Gasteiger partial charge in [0.15, 0.2) is 22.6 Å². The van der Waals surface area contributed by atoms with Crippen LogP contribution >= 0.6 is 11.8 Å².